The maximum atomic E-state index is 13.1. The second-order valence-corrected chi connectivity index (χ2v) is 6.84. The molecule has 2 aliphatic heterocycles. The minimum absolute atomic E-state index is 0.112. The summed E-state index contributed by atoms with van der Waals surface area (Å²) in [6.07, 6.45) is 0.180. The molecule has 0 spiro atoms. The van der Waals surface area contributed by atoms with E-state index in [2.05, 4.69) is 20.2 Å². The van der Waals surface area contributed by atoms with E-state index in [9.17, 15) is 9.18 Å². The van der Waals surface area contributed by atoms with E-state index in [1.165, 1.54) is 6.21 Å². The molecule has 0 radical (unpaired) electrons. The summed E-state index contributed by atoms with van der Waals surface area (Å²) in [7, 11) is 0. The maximum absolute atomic E-state index is 13.1. The molecule has 1 saturated heterocycles. The van der Waals surface area contributed by atoms with Crippen LogP contribution in [-0.4, -0.2) is 77.0 Å². The Morgan fingerprint density at radius 3 is 2.50 bits per heavy atom. The van der Waals surface area contributed by atoms with Crippen molar-refractivity contribution in [1.29, 1.82) is 0 Å². The number of rotatable bonds is 2. The number of hydrogen-bond acceptors (Lipinski definition) is 6. The van der Waals surface area contributed by atoms with Crippen molar-refractivity contribution in [2.75, 3.05) is 32.7 Å². The van der Waals surface area contributed by atoms with E-state index in [0.717, 1.165) is 16.8 Å². The summed E-state index contributed by atoms with van der Waals surface area (Å²) in [6, 6.07) is 11.7. The van der Waals surface area contributed by atoms with Gasteiger partial charge in [-0.05, 0) is 18.6 Å². The lowest BCUT2D eigenvalue weighted by molar-refractivity contribution is 0.0683. The number of benzene rings is 1. The third kappa shape index (κ3) is 3.76. The Morgan fingerprint density at radius 2 is 1.86 bits per heavy atom. The highest BCUT2D eigenvalue weighted by molar-refractivity contribution is 5.94. The zero-order valence-corrected chi connectivity index (χ0v) is 15.6. The van der Waals surface area contributed by atoms with Gasteiger partial charge in [0.05, 0.1) is 12.2 Å². The second-order valence-electron chi connectivity index (χ2n) is 6.84. The van der Waals surface area contributed by atoms with Crippen molar-refractivity contribution in [2.45, 2.75) is 13.1 Å². The molecule has 1 aromatic heterocycles. The van der Waals surface area contributed by atoms with Crippen LogP contribution >= 0.6 is 0 Å². The normalized spacial score (nSPS) is 19.5. The predicted molar refractivity (Wildman–Crippen MR) is 105 cm³/mol. The first kappa shape index (κ1) is 18.2. The van der Waals surface area contributed by atoms with Crippen LogP contribution in [0.15, 0.2) is 46.4 Å². The van der Waals surface area contributed by atoms with Crippen LogP contribution in [0.25, 0.3) is 11.3 Å². The Labute approximate surface area is 162 Å². The molecule has 1 unspecified atom stereocenters. The van der Waals surface area contributed by atoms with Crippen LogP contribution in [-0.2, 0) is 0 Å². The van der Waals surface area contributed by atoms with Crippen LogP contribution in [0, 0.1) is 6.92 Å². The predicted octanol–water partition coefficient (Wildman–Crippen LogP) is 1.99. The number of nitrogens with zero attached hydrogens (tertiary/aromatic N) is 6. The minimum atomic E-state index is -1.10. The van der Waals surface area contributed by atoms with Crippen LogP contribution < -0.4 is 0 Å². The van der Waals surface area contributed by atoms with Crippen LogP contribution in [0.2, 0.25) is 0 Å². The summed E-state index contributed by atoms with van der Waals surface area (Å²) < 4.78 is 13.1. The van der Waals surface area contributed by atoms with Gasteiger partial charge in [0.25, 0.3) is 5.91 Å². The first-order chi connectivity index (χ1) is 13.6. The van der Waals surface area contributed by atoms with Gasteiger partial charge in [-0.1, -0.05) is 30.3 Å². The number of carbonyl (C=O) groups is 1. The fourth-order valence-corrected chi connectivity index (χ4v) is 3.29. The molecular formula is C20H21FN6O. The lowest BCUT2D eigenvalue weighted by Crippen LogP contribution is -2.51. The van der Waals surface area contributed by atoms with E-state index in [1.807, 2.05) is 48.2 Å². The van der Waals surface area contributed by atoms with Gasteiger partial charge < -0.3 is 9.80 Å². The first-order valence-corrected chi connectivity index (χ1v) is 9.28. The van der Waals surface area contributed by atoms with Crippen molar-refractivity contribution in [2.24, 2.45) is 9.98 Å². The van der Waals surface area contributed by atoms with Crippen LogP contribution in [0.4, 0.5) is 4.39 Å². The van der Waals surface area contributed by atoms with Gasteiger partial charge in [-0.2, -0.15) is 0 Å². The van der Waals surface area contributed by atoms with Gasteiger partial charge in [0.1, 0.15) is 0 Å². The smallest absolute Gasteiger partial charge is 0.274 e. The molecule has 1 aromatic carbocycles. The molecule has 0 N–H and O–H groups in total. The summed E-state index contributed by atoms with van der Waals surface area (Å²) in [5.41, 5.74) is 2.90. The van der Waals surface area contributed by atoms with Gasteiger partial charge in [0, 0.05) is 38.0 Å². The van der Waals surface area contributed by atoms with Gasteiger partial charge in [-0.3, -0.25) is 4.79 Å². The van der Waals surface area contributed by atoms with Gasteiger partial charge in [-0.25, -0.2) is 14.4 Å². The molecule has 1 amide bonds. The fraction of sp³-hybridized carbons (Fsp3) is 0.350. The lowest BCUT2D eigenvalue weighted by Gasteiger charge is -2.35. The number of carbonyl (C=O) groups excluding carboxylic acids is 1. The van der Waals surface area contributed by atoms with Gasteiger partial charge in [-0.15, -0.1) is 10.2 Å². The van der Waals surface area contributed by atoms with Crippen LogP contribution in [0.1, 0.15) is 16.1 Å². The molecule has 28 heavy (non-hydrogen) atoms. The second kappa shape index (κ2) is 7.84. The number of aryl methyl sites for hydroxylation is 1. The molecule has 2 aliphatic rings. The average molecular weight is 380 g/mol. The summed E-state index contributed by atoms with van der Waals surface area (Å²) in [6.45, 7) is 4.27. The van der Waals surface area contributed by atoms with Crippen LogP contribution in [0.5, 0.6) is 0 Å². The third-order valence-electron chi connectivity index (χ3n) is 4.87. The number of guanidine groups is 1. The summed E-state index contributed by atoms with van der Waals surface area (Å²) in [4.78, 5) is 24.9. The number of aromatic nitrogens is 2. The van der Waals surface area contributed by atoms with Gasteiger partial charge in [0.2, 0.25) is 5.96 Å². The van der Waals surface area contributed by atoms with E-state index in [0.29, 0.717) is 37.8 Å². The minimum Gasteiger partial charge on any atom is -0.338 e. The Kier molecular flexibility index (Phi) is 5.10. The summed E-state index contributed by atoms with van der Waals surface area (Å²) >= 11 is 0. The van der Waals surface area contributed by atoms with Crippen molar-refractivity contribution in [1.82, 2.24) is 20.0 Å². The Morgan fingerprint density at radius 1 is 1.11 bits per heavy atom. The number of piperazine rings is 1. The monoisotopic (exact) mass is 380 g/mol. The van der Waals surface area contributed by atoms with Crippen molar-refractivity contribution in [3.05, 3.63) is 47.7 Å². The Hall–Kier alpha value is -3.16. The molecular weight excluding hydrogens is 359 g/mol. The number of halogens is 1. The number of aliphatic imine (C=N–C) groups is 2. The zero-order chi connectivity index (χ0) is 19.5. The molecule has 7 nitrogen and oxygen atoms in total. The molecule has 4 rings (SSSR count). The van der Waals surface area contributed by atoms with E-state index in [-0.39, 0.29) is 12.5 Å². The summed E-state index contributed by atoms with van der Waals surface area (Å²) in [5, 5.41) is 8.44. The molecule has 144 valence electrons. The molecule has 2 aromatic rings. The lowest BCUT2D eigenvalue weighted by atomic mass is 10.1. The van der Waals surface area contributed by atoms with Crippen molar-refractivity contribution < 1.29 is 9.18 Å². The molecule has 1 atom stereocenters. The van der Waals surface area contributed by atoms with E-state index in [4.69, 9.17) is 0 Å². The quantitative estimate of drug-likeness (QED) is 0.799. The maximum Gasteiger partial charge on any atom is 0.274 e. The highest BCUT2D eigenvalue weighted by atomic mass is 19.1. The average Bonchev–Trinajstić information content (AvgIpc) is 2.74. The largest absolute Gasteiger partial charge is 0.338 e. The highest BCUT2D eigenvalue weighted by Gasteiger charge is 2.26. The number of amides is 1. The van der Waals surface area contributed by atoms with E-state index < -0.39 is 6.17 Å². The highest BCUT2D eigenvalue weighted by Crippen LogP contribution is 2.19. The molecule has 0 saturated carbocycles. The zero-order valence-electron chi connectivity index (χ0n) is 15.6. The standard InChI is InChI=1S/C20H21FN6O/c1-14-11-17(15-5-3-2-4-6-15)24-25-18(14)19(28)26-7-9-27(10-8-26)20-22-12-16(21)13-23-20/h2-6,11-12,16H,7-10,13H2,1H3. The van der Waals surface area contributed by atoms with Gasteiger partial charge in [0.15, 0.2) is 11.9 Å². The van der Waals surface area contributed by atoms with Crippen LogP contribution in [0.3, 0.4) is 0 Å². The molecule has 1 fully saturated rings. The molecule has 0 bridgehead atoms. The Bertz CT molecular complexity index is 922. The number of alkyl halides is 1. The molecule has 8 heteroatoms. The topological polar surface area (TPSA) is 74.1 Å². The molecule has 3 heterocycles. The van der Waals surface area contributed by atoms with E-state index in [1.54, 1.807) is 4.90 Å². The SMILES string of the molecule is Cc1cc(-c2ccccc2)nnc1C(=O)N1CCN(C2=NCC(F)C=N2)CC1. The first-order valence-electron chi connectivity index (χ1n) is 9.28. The summed E-state index contributed by atoms with van der Waals surface area (Å²) in [5.74, 6) is 0.423. The fourth-order valence-electron chi connectivity index (χ4n) is 3.29. The van der Waals surface area contributed by atoms with E-state index >= 15 is 0 Å². The van der Waals surface area contributed by atoms with Gasteiger partial charge >= 0.3 is 0 Å². The van der Waals surface area contributed by atoms with Crippen molar-refractivity contribution >= 4 is 18.1 Å². The molecule has 0 aliphatic carbocycles. The third-order valence-corrected chi connectivity index (χ3v) is 4.87. The number of hydrogen-bond donors (Lipinski definition) is 0. The van der Waals surface area contributed by atoms with Crippen molar-refractivity contribution in [3.63, 3.8) is 0 Å². The van der Waals surface area contributed by atoms with Crippen molar-refractivity contribution in [3.8, 4) is 11.3 Å². The Balaban J connectivity index is 1.42.